The van der Waals surface area contributed by atoms with E-state index in [0.29, 0.717) is 12.0 Å². The highest BCUT2D eigenvalue weighted by Crippen LogP contribution is 2.11. The number of hydrogen-bond donors (Lipinski definition) is 1. The Morgan fingerprint density at radius 1 is 1.36 bits per heavy atom. The molecule has 1 N–H and O–H groups in total. The normalized spacial score (nSPS) is 28.5. The molecule has 1 aliphatic rings. The van der Waals surface area contributed by atoms with Gasteiger partial charge in [0.25, 0.3) is 0 Å². The van der Waals surface area contributed by atoms with Gasteiger partial charge in [0.1, 0.15) is 0 Å². The molecule has 0 aromatic rings. The molecule has 0 radical (unpaired) electrons. The zero-order valence-corrected chi connectivity index (χ0v) is 7.69. The van der Waals surface area contributed by atoms with Crippen molar-refractivity contribution in [3.8, 4) is 0 Å². The molecule has 0 fully saturated rings. The lowest BCUT2D eigenvalue weighted by molar-refractivity contribution is 0.576. The molecule has 0 amide bonds. The SMILES string of the molecule is CC(=S)NC1C=CC=CC1C. The maximum absolute atomic E-state index is 4.96. The first-order valence-corrected chi connectivity index (χ1v) is 4.23. The summed E-state index contributed by atoms with van der Waals surface area (Å²) in [6.07, 6.45) is 8.44. The molecule has 0 saturated carbocycles. The van der Waals surface area contributed by atoms with E-state index >= 15 is 0 Å². The second-order valence-electron chi connectivity index (χ2n) is 2.86. The summed E-state index contributed by atoms with van der Waals surface area (Å²) >= 11 is 4.96. The van der Waals surface area contributed by atoms with Gasteiger partial charge in [-0.1, -0.05) is 43.4 Å². The third-order valence-electron chi connectivity index (χ3n) is 1.78. The molecule has 2 heteroatoms. The number of nitrogens with one attached hydrogen (secondary N) is 1. The summed E-state index contributed by atoms with van der Waals surface area (Å²) in [4.78, 5) is 0.863. The molecule has 0 aromatic heterocycles. The van der Waals surface area contributed by atoms with Crippen LogP contribution in [-0.2, 0) is 0 Å². The number of hydrogen-bond acceptors (Lipinski definition) is 1. The maximum atomic E-state index is 4.96. The van der Waals surface area contributed by atoms with E-state index in [1.165, 1.54) is 0 Å². The van der Waals surface area contributed by atoms with Gasteiger partial charge >= 0.3 is 0 Å². The van der Waals surface area contributed by atoms with E-state index < -0.39 is 0 Å². The molecule has 0 aliphatic heterocycles. The third kappa shape index (κ3) is 2.46. The number of rotatable bonds is 1. The van der Waals surface area contributed by atoms with Gasteiger partial charge in [-0.25, -0.2) is 0 Å². The summed E-state index contributed by atoms with van der Waals surface area (Å²) in [5.41, 5.74) is 0. The van der Waals surface area contributed by atoms with Crippen LogP contribution in [0.4, 0.5) is 0 Å². The predicted molar refractivity (Wildman–Crippen MR) is 52.6 cm³/mol. The smallest absolute Gasteiger partial charge is 0.0726 e. The van der Waals surface area contributed by atoms with Crippen LogP contribution in [0.25, 0.3) is 0 Å². The molecule has 2 unspecified atom stereocenters. The molecule has 0 heterocycles. The Morgan fingerprint density at radius 2 is 2.00 bits per heavy atom. The van der Waals surface area contributed by atoms with Crippen molar-refractivity contribution in [1.29, 1.82) is 0 Å². The first kappa shape index (κ1) is 8.47. The molecule has 0 aromatic carbocycles. The van der Waals surface area contributed by atoms with E-state index in [1.54, 1.807) is 0 Å². The highest BCUT2D eigenvalue weighted by molar-refractivity contribution is 7.80. The molecular weight excluding hydrogens is 154 g/mol. The van der Waals surface area contributed by atoms with Crippen LogP contribution in [0.2, 0.25) is 0 Å². The van der Waals surface area contributed by atoms with Gasteiger partial charge in [0, 0.05) is 0 Å². The lowest BCUT2D eigenvalue weighted by Crippen LogP contribution is -2.35. The van der Waals surface area contributed by atoms with Crippen molar-refractivity contribution in [2.24, 2.45) is 5.92 Å². The first-order chi connectivity index (χ1) is 5.20. The first-order valence-electron chi connectivity index (χ1n) is 3.82. The van der Waals surface area contributed by atoms with Crippen LogP contribution in [-0.4, -0.2) is 11.0 Å². The largest absolute Gasteiger partial charge is 0.373 e. The van der Waals surface area contributed by atoms with Crippen molar-refractivity contribution in [3.05, 3.63) is 24.3 Å². The van der Waals surface area contributed by atoms with Crippen molar-refractivity contribution < 1.29 is 0 Å². The zero-order valence-electron chi connectivity index (χ0n) is 6.87. The van der Waals surface area contributed by atoms with Gasteiger partial charge in [0.05, 0.1) is 11.0 Å². The highest BCUT2D eigenvalue weighted by atomic mass is 32.1. The van der Waals surface area contributed by atoms with Crippen molar-refractivity contribution in [3.63, 3.8) is 0 Å². The van der Waals surface area contributed by atoms with Gasteiger partial charge in [0.15, 0.2) is 0 Å². The van der Waals surface area contributed by atoms with E-state index in [2.05, 4.69) is 36.5 Å². The molecular formula is C9H13NS. The highest BCUT2D eigenvalue weighted by Gasteiger charge is 2.12. The van der Waals surface area contributed by atoms with Crippen molar-refractivity contribution in [2.75, 3.05) is 0 Å². The van der Waals surface area contributed by atoms with Crippen LogP contribution >= 0.6 is 12.2 Å². The van der Waals surface area contributed by atoms with Crippen LogP contribution in [0, 0.1) is 5.92 Å². The van der Waals surface area contributed by atoms with E-state index in [-0.39, 0.29) is 0 Å². The van der Waals surface area contributed by atoms with E-state index in [0.717, 1.165) is 4.99 Å². The zero-order chi connectivity index (χ0) is 8.27. The molecule has 1 nitrogen and oxygen atoms in total. The molecule has 1 aliphatic carbocycles. The van der Waals surface area contributed by atoms with Gasteiger partial charge in [-0.05, 0) is 12.8 Å². The summed E-state index contributed by atoms with van der Waals surface area (Å²) in [5, 5.41) is 3.22. The molecule has 11 heavy (non-hydrogen) atoms. The van der Waals surface area contributed by atoms with Gasteiger partial charge in [-0.2, -0.15) is 0 Å². The van der Waals surface area contributed by atoms with Gasteiger partial charge in [0.2, 0.25) is 0 Å². The Balaban J connectivity index is 2.52. The predicted octanol–water partition coefficient (Wildman–Crippen LogP) is 2.05. The fourth-order valence-electron chi connectivity index (χ4n) is 1.13. The quantitative estimate of drug-likeness (QED) is 0.600. The molecule has 0 spiro atoms. The van der Waals surface area contributed by atoms with E-state index in [1.807, 2.05) is 6.92 Å². The maximum Gasteiger partial charge on any atom is 0.0726 e. The van der Waals surface area contributed by atoms with Crippen LogP contribution in [0.1, 0.15) is 13.8 Å². The Morgan fingerprint density at radius 3 is 2.55 bits per heavy atom. The third-order valence-corrected chi connectivity index (χ3v) is 1.90. The fourth-order valence-corrected chi connectivity index (χ4v) is 1.27. The average molecular weight is 167 g/mol. The van der Waals surface area contributed by atoms with Gasteiger partial charge in [-0.3, -0.25) is 0 Å². The summed E-state index contributed by atoms with van der Waals surface area (Å²) < 4.78 is 0. The van der Waals surface area contributed by atoms with E-state index in [9.17, 15) is 0 Å². The molecule has 1 rings (SSSR count). The lowest BCUT2D eigenvalue weighted by Gasteiger charge is -2.21. The van der Waals surface area contributed by atoms with Crippen molar-refractivity contribution in [2.45, 2.75) is 19.9 Å². The fraction of sp³-hybridized carbons (Fsp3) is 0.444. The van der Waals surface area contributed by atoms with Gasteiger partial charge < -0.3 is 5.32 Å². The second-order valence-corrected chi connectivity index (χ2v) is 3.47. The Labute approximate surface area is 73.2 Å². The van der Waals surface area contributed by atoms with Crippen molar-refractivity contribution >= 4 is 17.2 Å². The molecule has 0 bridgehead atoms. The summed E-state index contributed by atoms with van der Waals surface area (Å²) in [5.74, 6) is 0.540. The van der Waals surface area contributed by atoms with Crippen LogP contribution in [0.3, 0.4) is 0 Å². The monoisotopic (exact) mass is 167 g/mol. The Hall–Kier alpha value is -0.630. The van der Waals surface area contributed by atoms with Crippen molar-refractivity contribution in [1.82, 2.24) is 5.32 Å². The standard InChI is InChI=1S/C9H13NS/c1-7-5-3-4-6-9(7)10-8(2)11/h3-7,9H,1-2H3,(H,10,11). The average Bonchev–Trinajstić information content (AvgIpc) is 1.93. The van der Waals surface area contributed by atoms with Gasteiger partial charge in [-0.15, -0.1) is 0 Å². The number of allylic oxidation sites excluding steroid dienone is 2. The Bertz CT molecular complexity index is 206. The second kappa shape index (κ2) is 3.67. The summed E-state index contributed by atoms with van der Waals surface area (Å²) in [6, 6.07) is 0.387. The minimum Gasteiger partial charge on any atom is -0.373 e. The molecule has 2 atom stereocenters. The molecule has 60 valence electrons. The number of thiocarbonyl (C=S) groups is 1. The minimum absolute atomic E-state index is 0.387. The summed E-state index contributed by atoms with van der Waals surface area (Å²) in [6.45, 7) is 4.09. The van der Waals surface area contributed by atoms with Crippen LogP contribution < -0.4 is 5.32 Å². The Kier molecular flexibility index (Phi) is 2.83. The van der Waals surface area contributed by atoms with E-state index in [4.69, 9.17) is 12.2 Å². The van der Waals surface area contributed by atoms with Crippen LogP contribution in [0.5, 0.6) is 0 Å². The minimum atomic E-state index is 0.387. The van der Waals surface area contributed by atoms with Crippen LogP contribution in [0.15, 0.2) is 24.3 Å². The molecule has 0 saturated heterocycles. The summed E-state index contributed by atoms with van der Waals surface area (Å²) in [7, 11) is 0. The lowest BCUT2D eigenvalue weighted by atomic mass is 9.97. The topological polar surface area (TPSA) is 12.0 Å².